The van der Waals surface area contributed by atoms with Crippen molar-refractivity contribution < 1.29 is 19.5 Å². The largest absolute Gasteiger partial charge is 0.478 e. The number of hydrogen-bond acceptors (Lipinski definition) is 6. The third-order valence-corrected chi connectivity index (χ3v) is 7.39. The standard InChI is InChI=1S/C26H27ClN4O4S/c1-15(2)31-13-12-20-21(14-31)36-25(29-20)24(33)30-23-16(4-3-5-19(23)26(34)35)6-11-22(32)28-18-9-7-17(27)8-10-18/h3-5,7-10,15H,6,11-14H2,1-2H3,(H,28,32)(H,30,33)(H,34,35). The van der Waals surface area contributed by atoms with Gasteiger partial charge < -0.3 is 15.7 Å². The molecule has 188 valence electrons. The van der Waals surface area contributed by atoms with Gasteiger partial charge in [-0.25, -0.2) is 9.78 Å². The molecule has 1 aromatic heterocycles. The highest BCUT2D eigenvalue weighted by Gasteiger charge is 2.25. The number of aromatic carboxylic acids is 1. The van der Waals surface area contributed by atoms with Gasteiger partial charge in [-0.2, -0.15) is 0 Å². The molecule has 4 rings (SSSR count). The summed E-state index contributed by atoms with van der Waals surface area (Å²) in [6, 6.07) is 11.9. The van der Waals surface area contributed by atoms with Crippen molar-refractivity contribution in [2.24, 2.45) is 0 Å². The lowest BCUT2D eigenvalue weighted by Crippen LogP contribution is -2.35. The third kappa shape index (κ3) is 6.10. The van der Waals surface area contributed by atoms with Crippen LogP contribution in [0, 0.1) is 0 Å². The normalized spacial score (nSPS) is 13.3. The average molecular weight is 527 g/mol. The average Bonchev–Trinajstić information content (AvgIpc) is 3.28. The fourth-order valence-electron chi connectivity index (χ4n) is 4.06. The molecule has 0 saturated heterocycles. The molecule has 8 nitrogen and oxygen atoms in total. The van der Waals surface area contributed by atoms with Gasteiger partial charge >= 0.3 is 5.97 Å². The van der Waals surface area contributed by atoms with Gasteiger partial charge in [0.05, 0.1) is 16.9 Å². The SMILES string of the molecule is CC(C)N1CCc2nc(C(=O)Nc3c(CCC(=O)Nc4ccc(Cl)cc4)cccc3C(=O)O)sc2C1. The molecule has 0 spiro atoms. The molecule has 0 atom stereocenters. The zero-order valence-electron chi connectivity index (χ0n) is 20.0. The van der Waals surface area contributed by atoms with Crippen molar-refractivity contribution in [1.82, 2.24) is 9.88 Å². The molecule has 0 saturated carbocycles. The number of nitrogens with one attached hydrogen (secondary N) is 2. The first-order valence-electron chi connectivity index (χ1n) is 11.7. The highest BCUT2D eigenvalue weighted by atomic mass is 35.5. The van der Waals surface area contributed by atoms with E-state index in [4.69, 9.17) is 11.6 Å². The van der Waals surface area contributed by atoms with Gasteiger partial charge in [0.15, 0.2) is 5.01 Å². The van der Waals surface area contributed by atoms with Crippen molar-refractivity contribution >= 4 is 52.1 Å². The number of thiazole rings is 1. The van der Waals surface area contributed by atoms with E-state index in [1.165, 1.54) is 17.4 Å². The minimum atomic E-state index is -1.16. The zero-order chi connectivity index (χ0) is 25.8. The van der Waals surface area contributed by atoms with Crippen molar-refractivity contribution in [3.05, 3.63) is 74.2 Å². The van der Waals surface area contributed by atoms with Gasteiger partial charge in [-0.05, 0) is 56.2 Å². The van der Waals surface area contributed by atoms with E-state index in [1.807, 2.05) is 0 Å². The van der Waals surface area contributed by atoms with Crippen molar-refractivity contribution in [1.29, 1.82) is 0 Å². The lowest BCUT2D eigenvalue weighted by atomic mass is 10.0. The van der Waals surface area contributed by atoms with Gasteiger partial charge in [0.1, 0.15) is 0 Å². The first-order valence-corrected chi connectivity index (χ1v) is 12.8. The summed E-state index contributed by atoms with van der Waals surface area (Å²) in [6.07, 6.45) is 1.12. The molecule has 0 fully saturated rings. The number of aromatic nitrogens is 1. The summed E-state index contributed by atoms with van der Waals surface area (Å²) in [5.74, 6) is -1.85. The van der Waals surface area contributed by atoms with Crippen molar-refractivity contribution in [3.8, 4) is 0 Å². The van der Waals surface area contributed by atoms with Crippen LogP contribution in [0.15, 0.2) is 42.5 Å². The molecule has 0 unspecified atom stereocenters. The molecule has 10 heteroatoms. The van der Waals surface area contributed by atoms with Crippen molar-refractivity contribution in [3.63, 3.8) is 0 Å². The maximum Gasteiger partial charge on any atom is 0.337 e. The van der Waals surface area contributed by atoms with Crippen molar-refractivity contribution in [2.45, 2.75) is 45.7 Å². The minimum Gasteiger partial charge on any atom is -0.478 e. The number of benzene rings is 2. The Labute approximate surface area is 218 Å². The molecule has 2 amide bonds. The van der Waals surface area contributed by atoms with Crippen LogP contribution < -0.4 is 10.6 Å². The van der Waals surface area contributed by atoms with Crippen LogP contribution in [0.2, 0.25) is 5.02 Å². The Bertz CT molecular complexity index is 1290. The van der Waals surface area contributed by atoms with E-state index < -0.39 is 11.9 Å². The Morgan fingerprint density at radius 2 is 1.89 bits per heavy atom. The number of aryl methyl sites for hydroxylation is 1. The lowest BCUT2D eigenvalue weighted by Gasteiger charge is -2.29. The van der Waals surface area contributed by atoms with Crippen LogP contribution in [0.4, 0.5) is 11.4 Å². The van der Waals surface area contributed by atoms with Crippen molar-refractivity contribution in [2.75, 3.05) is 17.2 Å². The quantitative estimate of drug-likeness (QED) is 0.377. The predicted molar refractivity (Wildman–Crippen MR) is 141 cm³/mol. The van der Waals surface area contributed by atoms with Gasteiger partial charge in [-0.3, -0.25) is 14.5 Å². The van der Waals surface area contributed by atoms with E-state index >= 15 is 0 Å². The second-order valence-electron chi connectivity index (χ2n) is 8.86. The number of amides is 2. The van der Waals surface area contributed by atoms with E-state index in [0.717, 1.165) is 30.1 Å². The summed E-state index contributed by atoms with van der Waals surface area (Å²) in [4.78, 5) is 45.4. The van der Waals surface area contributed by atoms with E-state index in [1.54, 1.807) is 36.4 Å². The van der Waals surface area contributed by atoms with E-state index in [2.05, 4.69) is 34.4 Å². The van der Waals surface area contributed by atoms with Crippen LogP contribution in [0.1, 0.15) is 56.6 Å². The lowest BCUT2D eigenvalue weighted by molar-refractivity contribution is -0.116. The van der Waals surface area contributed by atoms with Crippen LogP contribution in [0.25, 0.3) is 0 Å². The summed E-state index contributed by atoms with van der Waals surface area (Å²) in [5, 5.41) is 16.1. The number of para-hydroxylation sites is 1. The second-order valence-corrected chi connectivity index (χ2v) is 10.4. The number of anilines is 2. The number of carboxylic acids is 1. The van der Waals surface area contributed by atoms with E-state index in [0.29, 0.717) is 27.3 Å². The molecule has 0 aliphatic carbocycles. The molecule has 36 heavy (non-hydrogen) atoms. The maximum atomic E-state index is 13.1. The summed E-state index contributed by atoms with van der Waals surface area (Å²) in [5.41, 5.74) is 2.24. The Morgan fingerprint density at radius 3 is 2.58 bits per heavy atom. The molecular weight excluding hydrogens is 500 g/mol. The monoisotopic (exact) mass is 526 g/mol. The molecule has 2 heterocycles. The van der Waals surface area contributed by atoms with E-state index in [-0.39, 0.29) is 30.0 Å². The third-order valence-electron chi connectivity index (χ3n) is 6.05. The fraction of sp³-hybridized carbons (Fsp3) is 0.308. The molecule has 3 N–H and O–H groups in total. The number of carbonyl (C=O) groups excluding carboxylic acids is 2. The Kier molecular flexibility index (Phi) is 8.03. The van der Waals surface area contributed by atoms with Gasteiger partial charge in [0.25, 0.3) is 5.91 Å². The topological polar surface area (TPSA) is 112 Å². The molecular formula is C26H27ClN4O4S. The molecule has 2 aromatic carbocycles. The second kappa shape index (κ2) is 11.2. The van der Waals surface area contributed by atoms with E-state index in [9.17, 15) is 19.5 Å². The Hall–Kier alpha value is -3.27. The number of fused-ring (bicyclic) bond motifs is 1. The minimum absolute atomic E-state index is 0.0359. The molecule has 1 aliphatic heterocycles. The fourth-order valence-corrected chi connectivity index (χ4v) is 5.21. The number of carbonyl (C=O) groups is 3. The molecule has 0 radical (unpaired) electrons. The Morgan fingerprint density at radius 1 is 1.14 bits per heavy atom. The zero-order valence-corrected chi connectivity index (χ0v) is 21.6. The Balaban J connectivity index is 1.49. The van der Waals surface area contributed by atoms with Gasteiger partial charge in [-0.1, -0.05) is 23.7 Å². The first kappa shape index (κ1) is 25.8. The van der Waals surface area contributed by atoms with Crippen LogP contribution in [-0.4, -0.2) is 45.4 Å². The highest BCUT2D eigenvalue weighted by Crippen LogP contribution is 2.29. The van der Waals surface area contributed by atoms with Gasteiger partial charge in [0, 0.05) is 47.6 Å². The van der Waals surface area contributed by atoms with Gasteiger partial charge in [-0.15, -0.1) is 11.3 Å². The summed E-state index contributed by atoms with van der Waals surface area (Å²) in [6.45, 7) is 5.91. The first-order chi connectivity index (χ1) is 17.2. The van der Waals surface area contributed by atoms with Gasteiger partial charge in [0.2, 0.25) is 5.91 Å². The summed E-state index contributed by atoms with van der Waals surface area (Å²) >= 11 is 7.22. The number of hydrogen-bond donors (Lipinski definition) is 3. The van der Waals surface area contributed by atoms with Crippen LogP contribution in [-0.2, 0) is 24.2 Å². The number of nitrogens with zero attached hydrogens (tertiary/aromatic N) is 2. The number of rotatable bonds is 8. The molecule has 1 aliphatic rings. The maximum absolute atomic E-state index is 13.1. The summed E-state index contributed by atoms with van der Waals surface area (Å²) in [7, 11) is 0. The van der Waals surface area contributed by atoms with Crippen LogP contribution >= 0.6 is 22.9 Å². The molecule has 0 bridgehead atoms. The van der Waals surface area contributed by atoms with Crippen LogP contribution in [0.3, 0.4) is 0 Å². The number of carboxylic acid groups (broad SMARTS) is 1. The summed E-state index contributed by atoms with van der Waals surface area (Å²) < 4.78 is 0. The van der Waals surface area contributed by atoms with Crippen LogP contribution in [0.5, 0.6) is 0 Å². The molecule has 3 aromatic rings. The smallest absolute Gasteiger partial charge is 0.337 e. The number of halogens is 1. The highest BCUT2D eigenvalue weighted by molar-refractivity contribution is 7.13. The predicted octanol–water partition coefficient (Wildman–Crippen LogP) is 5.08.